The topological polar surface area (TPSA) is 105 Å². The van der Waals surface area contributed by atoms with Gasteiger partial charge in [-0.05, 0) is 24.6 Å². The van der Waals surface area contributed by atoms with E-state index in [9.17, 15) is 13.2 Å². The van der Waals surface area contributed by atoms with E-state index in [2.05, 4.69) is 0 Å². The molecule has 0 fully saturated rings. The van der Waals surface area contributed by atoms with E-state index in [1.165, 1.54) is 19.2 Å². The second kappa shape index (κ2) is 7.96. The number of carbonyl (C=O) groups is 1. The minimum Gasteiger partial charge on any atom is -0.495 e. The Bertz CT molecular complexity index is 584. The standard InChI is InChI=1S/C13H19NO6S/c1-3-6-19-7-8-20-13(15)10-4-5-11(18-2)12(9-10)21(14,16)17/h4-5,9H,3,6-8H2,1-2H3,(H2,14,16,17). The third kappa shape index (κ3) is 5.33. The van der Waals surface area contributed by atoms with E-state index in [0.29, 0.717) is 6.61 Å². The summed E-state index contributed by atoms with van der Waals surface area (Å²) in [6, 6.07) is 3.88. The lowest BCUT2D eigenvalue weighted by molar-refractivity contribution is 0.0318. The molecule has 0 aliphatic heterocycles. The average molecular weight is 317 g/mol. The van der Waals surface area contributed by atoms with E-state index in [-0.39, 0.29) is 29.4 Å². The maximum atomic E-state index is 11.8. The molecule has 1 aromatic carbocycles. The summed E-state index contributed by atoms with van der Waals surface area (Å²) in [5.41, 5.74) is 0.0790. The van der Waals surface area contributed by atoms with Crippen molar-refractivity contribution < 1.29 is 27.4 Å². The van der Waals surface area contributed by atoms with Crippen molar-refractivity contribution in [3.63, 3.8) is 0 Å². The zero-order chi connectivity index (χ0) is 15.9. The second-order valence-corrected chi connectivity index (χ2v) is 5.69. The minimum absolute atomic E-state index is 0.0697. The van der Waals surface area contributed by atoms with Crippen molar-refractivity contribution >= 4 is 16.0 Å². The quantitative estimate of drug-likeness (QED) is 0.565. The molecule has 0 radical (unpaired) electrons. The van der Waals surface area contributed by atoms with Crippen LogP contribution in [0.3, 0.4) is 0 Å². The van der Waals surface area contributed by atoms with Crippen LogP contribution in [0.25, 0.3) is 0 Å². The van der Waals surface area contributed by atoms with Crippen LogP contribution >= 0.6 is 0 Å². The normalized spacial score (nSPS) is 11.2. The van der Waals surface area contributed by atoms with Gasteiger partial charge >= 0.3 is 5.97 Å². The lowest BCUT2D eigenvalue weighted by Gasteiger charge is -2.09. The van der Waals surface area contributed by atoms with Crippen molar-refractivity contribution in [2.24, 2.45) is 5.14 Å². The first-order valence-corrected chi connectivity index (χ1v) is 7.90. The molecule has 0 aliphatic carbocycles. The molecular weight excluding hydrogens is 298 g/mol. The number of benzene rings is 1. The number of methoxy groups -OCH3 is 1. The molecule has 0 unspecified atom stereocenters. The van der Waals surface area contributed by atoms with Crippen LogP contribution in [0.5, 0.6) is 5.75 Å². The molecule has 0 aromatic heterocycles. The van der Waals surface area contributed by atoms with Crippen molar-refractivity contribution in [3.8, 4) is 5.75 Å². The number of sulfonamides is 1. The molecule has 0 heterocycles. The van der Waals surface area contributed by atoms with Crippen molar-refractivity contribution in [1.29, 1.82) is 0 Å². The van der Waals surface area contributed by atoms with Gasteiger partial charge in [0.25, 0.3) is 0 Å². The van der Waals surface area contributed by atoms with Crippen LogP contribution in [0.2, 0.25) is 0 Å². The van der Waals surface area contributed by atoms with Gasteiger partial charge in [-0.1, -0.05) is 6.92 Å². The number of hydrogen-bond donors (Lipinski definition) is 1. The summed E-state index contributed by atoms with van der Waals surface area (Å²) in [6.45, 7) is 2.95. The summed E-state index contributed by atoms with van der Waals surface area (Å²) in [4.78, 5) is 11.5. The Kier molecular flexibility index (Phi) is 6.60. The van der Waals surface area contributed by atoms with E-state index in [1.54, 1.807) is 0 Å². The third-order valence-electron chi connectivity index (χ3n) is 2.52. The summed E-state index contributed by atoms with van der Waals surface area (Å²) in [5, 5.41) is 5.08. The first-order valence-electron chi connectivity index (χ1n) is 6.35. The van der Waals surface area contributed by atoms with Crippen LogP contribution in [0, 0.1) is 0 Å². The minimum atomic E-state index is -3.99. The van der Waals surface area contributed by atoms with Crippen molar-refractivity contribution in [3.05, 3.63) is 23.8 Å². The highest BCUT2D eigenvalue weighted by Gasteiger charge is 2.18. The Balaban J connectivity index is 2.77. The SMILES string of the molecule is CCCOCCOC(=O)c1ccc(OC)c(S(N)(=O)=O)c1. The fourth-order valence-corrected chi connectivity index (χ4v) is 2.27. The summed E-state index contributed by atoms with van der Waals surface area (Å²) in [7, 11) is -2.68. The summed E-state index contributed by atoms with van der Waals surface area (Å²) >= 11 is 0. The monoisotopic (exact) mass is 317 g/mol. The second-order valence-electron chi connectivity index (χ2n) is 4.16. The largest absolute Gasteiger partial charge is 0.495 e. The number of carbonyl (C=O) groups excluding carboxylic acids is 1. The molecule has 0 atom stereocenters. The van der Waals surface area contributed by atoms with Gasteiger partial charge in [0.15, 0.2) is 0 Å². The molecule has 0 amide bonds. The lowest BCUT2D eigenvalue weighted by atomic mass is 10.2. The van der Waals surface area contributed by atoms with Crippen molar-refractivity contribution in [1.82, 2.24) is 0 Å². The highest BCUT2D eigenvalue weighted by Crippen LogP contribution is 2.24. The predicted octanol–water partition coefficient (Wildman–Crippen LogP) is 0.926. The molecule has 0 saturated carbocycles. The molecule has 0 bridgehead atoms. The number of ether oxygens (including phenoxy) is 3. The van der Waals surface area contributed by atoms with Crippen LogP contribution in [0.4, 0.5) is 0 Å². The zero-order valence-electron chi connectivity index (χ0n) is 12.0. The lowest BCUT2D eigenvalue weighted by Crippen LogP contribution is -2.16. The van der Waals surface area contributed by atoms with Gasteiger partial charge in [-0.15, -0.1) is 0 Å². The molecule has 1 aromatic rings. The Morgan fingerprint density at radius 3 is 2.52 bits per heavy atom. The van der Waals surface area contributed by atoms with Crippen LogP contribution < -0.4 is 9.88 Å². The van der Waals surface area contributed by atoms with Crippen molar-refractivity contribution in [2.75, 3.05) is 26.9 Å². The molecule has 118 valence electrons. The summed E-state index contributed by atoms with van der Waals surface area (Å²) in [5.74, 6) is -0.581. The highest BCUT2D eigenvalue weighted by atomic mass is 32.2. The van der Waals surface area contributed by atoms with E-state index in [0.717, 1.165) is 12.5 Å². The van der Waals surface area contributed by atoms with Gasteiger partial charge in [-0.3, -0.25) is 0 Å². The van der Waals surface area contributed by atoms with Gasteiger partial charge in [0.05, 0.1) is 19.3 Å². The van der Waals surface area contributed by atoms with Gasteiger partial charge in [0, 0.05) is 6.61 Å². The van der Waals surface area contributed by atoms with Crippen LogP contribution in [-0.2, 0) is 19.5 Å². The van der Waals surface area contributed by atoms with Gasteiger partial charge in [0.1, 0.15) is 17.3 Å². The Hall–Kier alpha value is -1.64. The summed E-state index contributed by atoms with van der Waals surface area (Å²) < 4.78 is 37.9. The molecule has 0 saturated heterocycles. The number of nitrogens with two attached hydrogens (primary N) is 1. The van der Waals surface area contributed by atoms with Gasteiger partial charge < -0.3 is 14.2 Å². The first-order chi connectivity index (χ1) is 9.90. The molecular formula is C13H19NO6S. The molecule has 21 heavy (non-hydrogen) atoms. The van der Waals surface area contributed by atoms with E-state index in [1.807, 2.05) is 6.92 Å². The number of hydrogen-bond acceptors (Lipinski definition) is 6. The van der Waals surface area contributed by atoms with Crippen molar-refractivity contribution in [2.45, 2.75) is 18.2 Å². The third-order valence-corrected chi connectivity index (χ3v) is 3.45. The molecule has 0 aliphatic rings. The predicted molar refractivity (Wildman–Crippen MR) is 75.8 cm³/mol. The molecule has 1 rings (SSSR count). The van der Waals surface area contributed by atoms with Crippen LogP contribution in [-0.4, -0.2) is 41.3 Å². The first kappa shape index (κ1) is 17.4. The maximum absolute atomic E-state index is 11.8. The molecule has 7 nitrogen and oxygen atoms in total. The fourth-order valence-electron chi connectivity index (χ4n) is 1.55. The number of esters is 1. The van der Waals surface area contributed by atoms with E-state index >= 15 is 0 Å². The van der Waals surface area contributed by atoms with E-state index < -0.39 is 16.0 Å². The highest BCUT2D eigenvalue weighted by molar-refractivity contribution is 7.89. The van der Waals surface area contributed by atoms with E-state index in [4.69, 9.17) is 19.3 Å². The van der Waals surface area contributed by atoms with Gasteiger partial charge in [-0.25, -0.2) is 18.4 Å². The maximum Gasteiger partial charge on any atom is 0.338 e. The fraction of sp³-hybridized carbons (Fsp3) is 0.462. The number of rotatable bonds is 8. The zero-order valence-corrected chi connectivity index (χ0v) is 12.8. The molecule has 2 N–H and O–H groups in total. The Morgan fingerprint density at radius 1 is 1.24 bits per heavy atom. The van der Waals surface area contributed by atoms with Gasteiger partial charge in [-0.2, -0.15) is 0 Å². The molecule has 0 spiro atoms. The van der Waals surface area contributed by atoms with Gasteiger partial charge in [0.2, 0.25) is 10.0 Å². The Morgan fingerprint density at radius 2 is 1.95 bits per heavy atom. The van der Waals surface area contributed by atoms with Crippen LogP contribution in [0.15, 0.2) is 23.1 Å². The smallest absolute Gasteiger partial charge is 0.338 e. The Labute approximate surface area is 124 Å². The molecule has 8 heteroatoms. The average Bonchev–Trinajstić information content (AvgIpc) is 2.45. The van der Waals surface area contributed by atoms with Crippen LogP contribution in [0.1, 0.15) is 23.7 Å². The number of primary sulfonamides is 1. The summed E-state index contributed by atoms with van der Waals surface area (Å²) in [6.07, 6.45) is 0.879.